The fourth-order valence-corrected chi connectivity index (χ4v) is 6.73. The van der Waals surface area contributed by atoms with Gasteiger partial charge < -0.3 is 36.6 Å². The molecule has 278 valence electrons. The van der Waals surface area contributed by atoms with Crippen molar-refractivity contribution in [3.63, 3.8) is 0 Å². The standard InChI is InChI=1S/C35H42N6O8S3/c1-3-4-7-29(23-12-13-28(43)32-24(23)6-5-15-36-32)52-41-26(17-21-8-10-22(42)11-9-21)33(46)38-18-30(44)37-19-31(45)39-27(20-50)34(47)40-25(35(48)49)14-16-51-2/h1,5-6,8-13,15,25-27,29,41-43,50H,4,7,14,16-20H2,2H3,(H,37,44)(H,38,46)(H,39,45)(H,40,47)(H,48,49)/t25-,26-,27?,29?/m0/s1. The summed E-state index contributed by atoms with van der Waals surface area (Å²) in [5.41, 5.74) is 2.01. The highest BCUT2D eigenvalue weighted by Crippen LogP contribution is 2.38. The van der Waals surface area contributed by atoms with E-state index in [9.17, 15) is 39.3 Å². The van der Waals surface area contributed by atoms with Crippen LogP contribution in [0.3, 0.4) is 0 Å². The molecule has 8 N–H and O–H groups in total. The van der Waals surface area contributed by atoms with Crippen molar-refractivity contribution in [3.8, 4) is 23.8 Å². The fourth-order valence-electron chi connectivity index (χ4n) is 4.91. The number of phenolic OH excluding ortho intramolecular Hbond substituents is 2. The Hall–Kier alpha value is -4.63. The van der Waals surface area contributed by atoms with Crippen molar-refractivity contribution in [1.29, 1.82) is 0 Å². The first-order valence-electron chi connectivity index (χ1n) is 16.1. The van der Waals surface area contributed by atoms with E-state index in [1.54, 1.807) is 36.5 Å². The predicted molar refractivity (Wildman–Crippen MR) is 205 cm³/mol. The molecule has 0 aliphatic carbocycles. The van der Waals surface area contributed by atoms with E-state index in [0.717, 1.165) is 16.5 Å². The number of carbonyl (C=O) groups excluding carboxylic acids is 4. The van der Waals surface area contributed by atoms with Crippen molar-refractivity contribution >= 4 is 76.8 Å². The molecule has 1 aromatic heterocycles. The molecule has 3 rings (SSSR count). The maximum atomic E-state index is 13.5. The Morgan fingerprint density at radius 1 is 0.904 bits per heavy atom. The lowest BCUT2D eigenvalue weighted by molar-refractivity contribution is -0.142. The van der Waals surface area contributed by atoms with Crippen LogP contribution in [0.15, 0.2) is 54.7 Å². The van der Waals surface area contributed by atoms with Crippen LogP contribution in [0.25, 0.3) is 10.9 Å². The molecule has 0 spiro atoms. The number of aromatic nitrogens is 1. The molecule has 0 aliphatic heterocycles. The van der Waals surface area contributed by atoms with E-state index >= 15 is 0 Å². The molecule has 2 unspecified atom stereocenters. The number of rotatable bonds is 21. The first kappa shape index (κ1) is 41.8. The van der Waals surface area contributed by atoms with Crippen LogP contribution >= 0.6 is 36.3 Å². The molecule has 4 atom stereocenters. The Balaban J connectivity index is 1.63. The minimum absolute atomic E-state index is 0.0337. The number of aliphatic carboxylic acids is 1. The van der Waals surface area contributed by atoms with Gasteiger partial charge in [-0.2, -0.15) is 24.4 Å². The third-order valence-electron chi connectivity index (χ3n) is 7.65. The van der Waals surface area contributed by atoms with Crippen molar-refractivity contribution in [3.05, 3.63) is 65.9 Å². The number of thiol groups is 1. The van der Waals surface area contributed by atoms with Crippen LogP contribution in [0.5, 0.6) is 11.5 Å². The summed E-state index contributed by atoms with van der Waals surface area (Å²) >= 11 is 6.78. The Morgan fingerprint density at radius 2 is 1.63 bits per heavy atom. The quantitative estimate of drug-likeness (QED) is 0.0431. The van der Waals surface area contributed by atoms with E-state index in [0.29, 0.717) is 24.1 Å². The molecule has 4 amide bonds. The number of thioether (sulfide) groups is 1. The average molecular weight is 771 g/mol. The highest BCUT2D eigenvalue weighted by molar-refractivity contribution is 7.98. The first-order chi connectivity index (χ1) is 25.0. The summed E-state index contributed by atoms with van der Waals surface area (Å²) in [5, 5.41) is 39.7. The molecule has 2 aromatic carbocycles. The fraction of sp³-hybridized carbons (Fsp3) is 0.371. The van der Waals surface area contributed by atoms with Crippen LogP contribution in [-0.2, 0) is 30.4 Å². The molecule has 0 aliphatic rings. The zero-order valence-electron chi connectivity index (χ0n) is 28.3. The molecular formula is C35H42N6O8S3. The largest absolute Gasteiger partial charge is 0.508 e. The Bertz CT molecular complexity index is 1740. The maximum absolute atomic E-state index is 13.5. The molecule has 1 heterocycles. The SMILES string of the molecule is C#CCCC(SN[C@@H](Cc1ccc(O)cc1)C(=O)NCC(=O)NCC(=O)NC(CS)C(=O)N[C@@H](CCSC)C(=O)O)c1ccc(O)c2ncccc12. The Labute approximate surface area is 315 Å². The van der Waals surface area contributed by atoms with Gasteiger partial charge in [-0.1, -0.05) is 36.2 Å². The Morgan fingerprint density at radius 3 is 2.31 bits per heavy atom. The minimum Gasteiger partial charge on any atom is -0.508 e. The van der Waals surface area contributed by atoms with Crippen molar-refractivity contribution < 1.29 is 39.3 Å². The average Bonchev–Trinajstić information content (AvgIpc) is 3.14. The second kappa shape index (κ2) is 21.7. The van der Waals surface area contributed by atoms with Gasteiger partial charge >= 0.3 is 5.97 Å². The number of terminal acetylenes is 1. The second-order valence-corrected chi connectivity index (χ2v) is 13.8. The van der Waals surface area contributed by atoms with Crippen molar-refractivity contribution in [1.82, 2.24) is 31.0 Å². The van der Waals surface area contributed by atoms with E-state index in [4.69, 9.17) is 6.42 Å². The summed E-state index contributed by atoms with van der Waals surface area (Å²) in [6.45, 7) is -0.982. The number of fused-ring (bicyclic) bond motifs is 1. The van der Waals surface area contributed by atoms with Crippen LogP contribution in [-0.4, -0.2) is 98.9 Å². The number of carboxylic acid groups (broad SMARTS) is 1. The highest BCUT2D eigenvalue weighted by Gasteiger charge is 2.26. The number of benzene rings is 2. The van der Waals surface area contributed by atoms with Crippen LogP contribution < -0.4 is 26.0 Å². The zero-order valence-corrected chi connectivity index (χ0v) is 30.9. The van der Waals surface area contributed by atoms with E-state index in [1.807, 2.05) is 12.3 Å². The number of aromatic hydroxyl groups is 2. The number of amides is 4. The molecular weight excluding hydrogens is 729 g/mol. The van der Waals surface area contributed by atoms with Crippen LogP contribution in [0.1, 0.15) is 35.6 Å². The first-order valence-corrected chi connectivity index (χ1v) is 19.0. The number of carbonyl (C=O) groups is 5. The van der Waals surface area contributed by atoms with Crippen LogP contribution in [0.4, 0.5) is 0 Å². The molecule has 3 aromatic rings. The predicted octanol–water partition coefficient (Wildman–Crippen LogP) is 1.92. The zero-order chi connectivity index (χ0) is 38.0. The lowest BCUT2D eigenvalue weighted by Crippen LogP contribution is -2.54. The smallest absolute Gasteiger partial charge is 0.326 e. The number of carboxylic acids is 1. The van der Waals surface area contributed by atoms with Gasteiger partial charge in [-0.15, -0.1) is 12.3 Å². The van der Waals surface area contributed by atoms with E-state index in [1.165, 1.54) is 35.8 Å². The molecule has 17 heteroatoms. The van der Waals surface area contributed by atoms with Crippen molar-refractivity contribution in [2.75, 3.05) is 30.9 Å². The van der Waals surface area contributed by atoms with E-state index in [2.05, 4.69) is 49.5 Å². The summed E-state index contributed by atoms with van der Waals surface area (Å²) in [5.74, 6) is -0.712. The van der Waals surface area contributed by atoms with Gasteiger partial charge in [-0.05, 0) is 66.7 Å². The lowest BCUT2D eigenvalue weighted by Gasteiger charge is -2.23. The van der Waals surface area contributed by atoms with Crippen molar-refractivity contribution in [2.24, 2.45) is 0 Å². The molecule has 52 heavy (non-hydrogen) atoms. The van der Waals surface area contributed by atoms with Gasteiger partial charge in [0.05, 0.1) is 19.1 Å². The topological polar surface area (TPSA) is 219 Å². The summed E-state index contributed by atoms with van der Waals surface area (Å²) in [7, 11) is 0. The van der Waals surface area contributed by atoms with Gasteiger partial charge in [0.1, 0.15) is 29.1 Å². The molecule has 0 radical (unpaired) electrons. The van der Waals surface area contributed by atoms with Gasteiger partial charge in [0, 0.05) is 29.0 Å². The number of hydrogen-bond acceptors (Lipinski definition) is 12. The summed E-state index contributed by atoms with van der Waals surface area (Å²) < 4.78 is 3.23. The van der Waals surface area contributed by atoms with Crippen molar-refractivity contribution in [2.45, 2.75) is 49.1 Å². The van der Waals surface area contributed by atoms with Gasteiger partial charge in [0.2, 0.25) is 23.6 Å². The molecule has 0 saturated heterocycles. The Kier molecular flexibility index (Phi) is 17.4. The maximum Gasteiger partial charge on any atom is 0.326 e. The number of nitrogens with zero attached hydrogens (tertiary/aromatic N) is 1. The number of phenols is 2. The van der Waals surface area contributed by atoms with E-state index < -0.39 is 60.8 Å². The molecule has 0 saturated carbocycles. The molecule has 0 fully saturated rings. The highest BCUT2D eigenvalue weighted by atomic mass is 32.2. The third kappa shape index (κ3) is 13.2. The molecule has 14 nitrogen and oxygen atoms in total. The number of hydrogen-bond donors (Lipinski definition) is 9. The minimum atomic E-state index is -1.20. The number of nitrogens with one attached hydrogen (secondary N) is 5. The molecule has 0 bridgehead atoms. The van der Waals surface area contributed by atoms with E-state index in [-0.39, 0.29) is 35.3 Å². The van der Waals surface area contributed by atoms with Crippen LogP contribution in [0, 0.1) is 12.3 Å². The third-order valence-corrected chi connectivity index (χ3v) is 9.86. The summed E-state index contributed by atoms with van der Waals surface area (Å²) in [4.78, 5) is 67.0. The van der Waals surface area contributed by atoms with Gasteiger partial charge in [0.15, 0.2) is 0 Å². The van der Waals surface area contributed by atoms with Gasteiger partial charge in [-0.3, -0.25) is 28.9 Å². The lowest BCUT2D eigenvalue weighted by atomic mass is 10.0. The monoisotopic (exact) mass is 770 g/mol. The normalized spacial score (nSPS) is 13.2. The summed E-state index contributed by atoms with van der Waals surface area (Å²) in [6, 6.07) is 10.2. The number of pyridine rings is 1. The van der Waals surface area contributed by atoms with Gasteiger partial charge in [0.25, 0.3) is 0 Å². The van der Waals surface area contributed by atoms with Crippen LogP contribution in [0.2, 0.25) is 0 Å². The second-order valence-electron chi connectivity index (χ2n) is 11.4. The van der Waals surface area contributed by atoms with Gasteiger partial charge in [-0.25, -0.2) is 4.79 Å². The summed E-state index contributed by atoms with van der Waals surface area (Å²) in [6.07, 6.45) is 10.3.